The van der Waals surface area contributed by atoms with Gasteiger partial charge in [0.25, 0.3) is 0 Å². The molecule has 68 valence electrons. The SMILES string of the molecule is CC=C1CCC2(C)OCC1(C)O2. The molecular formula is C10H16O2. The van der Waals surface area contributed by atoms with Gasteiger partial charge in [-0.1, -0.05) is 6.08 Å². The average molecular weight is 168 g/mol. The Balaban J connectivity index is 2.30. The van der Waals surface area contributed by atoms with E-state index in [2.05, 4.69) is 19.9 Å². The summed E-state index contributed by atoms with van der Waals surface area (Å²) >= 11 is 0. The molecule has 0 aromatic heterocycles. The molecule has 2 aliphatic heterocycles. The molecule has 2 fully saturated rings. The molecule has 2 bridgehead atoms. The lowest BCUT2D eigenvalue weighted by atomic mass is 9.89. The first-order valence-corrected chi connectivity index (χ1v) is 4.58. The summed E-state index contributed by atoms with van der Waals surface area (Å²) in [5.74, 6) is -0.304. The molecule has 0 radical (unpaired) electrons. The van der Waals surface area contributed by atoms with Crippen LogP contribution >= 0.6 is 0 Å². The van der Waals surface area contributed by atoms with E-state index in [0.29, 0.717) is 6.61 Å². The van der Waals surface area contributed by atoms with Crippen molar-refractivity contribution >= 4 is 0 Å². The van der Waals surface area contributed by atoms with Crippen LogP contribution in [0.5, 0.6) is 0 Å². The van der Waals surface area contributed by atoms with Gasteiger partial charge in [0.15, 0.2) is 5.79 Å². The van der Waals surface area contributed by atoms with E-state index in [9.17, 15) is 0 Å². The van der Waals surface area contributed by atoms with Crippen LogP contribution in [0.25, 0.3) is 0 Å². The van der Waals surface area contributed by atoms with Gasteiger partial charge in [-0.2, -0.15) is 0 Å². The second-order valence-corrected chi connectivity index (χ2v) is 4.07. The van der Waals surface area contributed by atoms with Crippen molar-refractivity contribution in [3.63, 3.8) is 0 Å². The molecule has 12 heavy (non-hydrogen) atoms. The predicted molar refractivity (Wildman–Crippen MR) is 46.8 cm³/mol. The van der Waals surface area contributed by atoms with Crippen molar-refractivity contribution in [2.45, 2.75) is 45.0 Å². The van der Waals surface area contributed by atoms with Gasteiger partial charge in [-0.3, -0.25) is 0 Å². The van der Waals surface area contributed by atoms with Gasteiger partial charge in [0.1, 0.15) is 5.60 Å². The lowest BCUT2D eigenvalue weighted by Gasteiger charge is -2.35. The maximum absolute atomic E-state index is 5.89. The molecule has 0 spiro atoms. The fourth-order valence-corrected chi connectivity index (χ4v) is 2.18. The second kappa shape index (κ2) is 2.33. The molecule has 0 aliphatic carbocycles. The van der Waals surface area contributed by atoms with Gasteiger partial charge in [-0.15, -0.1) is 0 Å². The van der Waals surface area contributed by atoms with Gasteiger partial charge < -0.3 is 9.47 Å². The molecule has 2 aliphatic rings. The Morgan fingerprint density at radius 1 is 1.42 bits per heavy atom. The van der Waals surface area contributed by atoms with Gasteiger partial charge in [-0.25, -0.2) is 0 Å². The third kappa shape index (κ3) is 1.02. The van der Waals surface area contributed by atoms with Crippen LogP contribution in [0.4, 0.5) is 0 Å². The summed E-state index contributed by atoms with van der Waals surface area (Å²) in [6.07, 6.45) is 4.26. The highest BCUT2D eigenvalue weighted by Crippen LogP contribution is 2.45. The summed E-state index contributed by atoms with van der Waals surface area (Å²) in [7, 11) is 0. The Bertz CT molecular complexity index is 234. The zero-order valence-electron chi connectivity index (χ0n) is 8.02. The molecule has 2 nitrogen and oxygen atoms in total. The van der Waals surface area contributed by atoms with Gasteiger partial charge in [-0.05, 0) is 32.8 Å². The van der Waals surface area contributed by atoms with Gasteiger partial charge in [0.2, 0.25) is 0 Å². The third-order valence-electron chi connectivity index (χ3n) is 2.97. The maximum Gasteiger partial charge on any atom is 0.167 e. The zero-order chi connectivity index (χ0) is 8.82. The normalized spacial score (nSPS) is 50.1. The number of allylic oxidation sites excluding steroid dienone is 1. The van der Waals surface area contributed by atoms with Crippen LogP contribution in [0.15, 0.2) is 11.6 Å². The summed E-state index contributed by atoms with van der Waals surface area (Å²) in [6.45, 7) is 6.94. The molecule has 0 aromatic carbocycles. The Morgan fingerprint density at radius 2 is 2.17 bits per heavy atom. The number of rotatable bonds is 0. The molecule has 0 amide bonds. The molecule has 2 unspecified atom stereocenters. The Labute approximate surface area is 73.5 Å². The van der Waals surface area contributed by atoms with Crippen LogP contribution in [0.3, 0.4) is 0 Å². The van der Waals surface area contributed by atoms with Gasteiger partial charge in [0.05, 0.1) is 6.61 Å². The summed E-state index contributed by atoms with van der Waals surface area (Å²) in [6, 6.07) is 0. The molecule has 0 N–H and O–H groups in total. The van der Waals surface area contributed by atoms with Crippen molar-refractivity contribution < 1.29 is 9.47 Å². The lowest BCUT2D eigenvalue weighted by molar-refractivity contribution is -0.181. The first-order valence-electron chi connectivity index (χ1n) is 4.58. The van der Waals surface area contributed by atoms with Crippen molar-refractivity contribution in [3.8, 4) is 0 Å². The first-order chi connectivity index (χ1) is 5.58. The van der Waals surface area contributed by atoms with Crippen molar-refractivity contribution in [1.82, 2.24) is 0 Å². The zero-order valence-corrected chi connectivity index (χ0v) is 8.02. The Kier molecular flexibility index (Phi) is 1.61. The molecule has 2 rings (SSSR count). The molecular weight excluding hydrogens is 152 g/mol. The third-order valence-corrected chi connectivity index (χ3v) is 2.97. The number of hydrogen-bond donors (Lipinski definition) is 0. The van der Waals surface area contributed by atoms with Crippen LogP contribution in [-0.2, 0) is 9.47 Å². The van der Waals surface area contributed by atoms with Crippen molar-refractivity contribution in [2.24, 2.45) is 0 Å². The largest absolute Gasteiger partial charge is 0.347 e. The van der Waals surface area contributed by atoms with Gasteiger partial charge in [0, 0.05) is 6.42 Å². The topological polar surface area (TPSA) is 18.5 Å². The molecule has 2 heterocycles. The van der Waals surface area contributed by atoms with E-state index in [1.54, 1.807) is 0 Å². The van der Waals surface area contributed by atoms with E-state index < -0.39 is 0 Å². The summed E-state index contributed by atoms with van der Waals surface area (Å²) in [4.78, 5) is 0. The highest BCUT2D eigenvalue weighted by molar-refractivity contribution is 5.20. The van der Waals surface area contributed by atoms with Crippen LogP contribution < -0.4 is 0 Å². The maximum atomic E-state index is 5.89. The monoisotopic (exact) mass is 168 g/mol. The van der Waals surface area contributed by atoms with Crippen LogP contribution in [0.1, 0.15) is 33.6 Å². The van der Waals surface area contributed by atoms with Gasteiger partial charge >= 0.3 is 0 Å². The second-order valence-electron chi connectivity index (χ2n) is 4.07. The van der Waals surface area contributed by atoms with Crippen LogP contribution in [0, 0.1) is 0 Å². The molecule has 2 atom stereocenters. The minimum Gasteiger partial charge on any atom is -0.347 e. The Hall–Kier alpha value is -0.340. The number of ether oxygens (including phenoxy) is 2. The highest BCUT2D eigenvalue weighted by Gasteiger charge is 2.50. The minimum absolute atomic E-state index is 0.137. The number of fused-ring (bicyclic) bond motifs is 2. The highest BCUT2D eigenvalue weighted by atomic mass is 16.8. The quantitative estimate of drug-likeness (QED) is 0.516. The smallest absolute Gasteiger partial charge is 0.167 e. The lowest BCUT2D eigenvalue weighted by Crippen LogP contribution is -2.39. The van der Waals surface area contributed by atoms with Crippen LogP contribution in [0.2, 0.25) is 0 Å². The molecule has 0 aromatic rings. The summed E-state index contributed by atoms with van der Waals surface area (Å²) < 4.78 is 11.5. The van der Waals surface area contributed by atoms with E-state index in [-0.39, 0.29) is 11.4 Å². The minimum atomic E-state index is -0.304. The standard InChI is InChI=1S/C10H16O2/c1-4-8-5-6-10(3)11-7-9(8,2)12-10/h4H,5-7H2,1-3H3. The van der Waals surface area contributed by atoms with E-state index in [4.69, 9.17) is 9.47 Å². The van der Waals surface area contributed by atoms with Crippen molar-refractivity contribution in [1.29, 1.82) is 0 Å². The molecule has 2 saturated heterocycles. The van der Waals surface area contributed by atoms with E-state index in [0.717, 1.165) is 12.8 Å². The van der Waals surface area contributed by atoms with Crippen molar-refractivity contribution in [3.05, 3.63) is 11.6 Å². The molecule has 2 heteroatoms. The summed E-state index contributed by atoms with van der Waals surface area (Å²) in [5.41, 5.74) is 1.25. The number of hydrogen-bond acceptors (Lipinski definition) is 2. The fraction of sp³-hybridized carbons (Fsp3) is 0.800. The van der Waals surface area contributed by atoms with Crippen LogP contribution in [-0.4, -0.2) is 18.0 Å². The van der Waals surface area contributed by atoms with E-state index >= 15 is 0 Å². The van der Waals surface area contributed by atoms with Crippen molar-refractivity contribution in [2.75, 3.05) is 6.61 Å². The summed E-state index contributed by atoms with van der Waals surface area (Å²) in [5, 5.41) is 0. The van der Waals surface area contributed by atoms with E-state index in [1.165, 1.54) is 5.57 Å². The predicted octanol–water partition coefficient (Wildman–Crippen LogP) is 2.25. The molecule has 0 saturated carbocycles. The Morgan fingerprint density at radius 3 is 2.83 bits per heavy atom. The van der Waals surface area contributed by atoms with E-state index in [1.807, 2.05) is 6.92 Å². The first kappa shape index (κ1) is 8.27. The average Bonchev–Trinajstić information content (AvgIpc) is 2.24. The fourth-order valence-electron chi connectivity index (χ4n) is 2.18.